The fourth-order valence-electron chi connectivity index (χ4n) is 3.44. The maximum Gasteiger partial charge on any atom is 0.244 e. The van der Waals surface area contributed by atoms with Crippen molar-refractivity contribution in [1.29, 1.82) is 0 Å². The minimum Gasteiger partial charge on any atom is -0.328 e. The molecule has 1 aromatic carbocycles. The summed E-state index contributed by atoms with van der Waals surface area (Å²) in [4.78, 5) is -0.0199. The van der Waals surface area contributed by atoms with Crippen LogP contribution in [0.15, 0.2) is 23.1 Å². The molecule has 0 radical (unpaired) electrons. The largest absolute Gasteiger partial charge is 0.328 e. The average Bonchev–Trinajstić information content (AvgIpc) is 2.81. The lowest BCUT2D eigenvalue weighted by Crippen LogP contribution is -2.32. The van der Waals surface area contributed by atoms with E-state index in [9.17, 15) is 12.8 Å². The Labute approximate surface area is 129 Å². The number of sulfonamides is 1. The highest BCUT2D eigenvalue weighted by molar-refractivity contribution is 7.89. The first kappa shape index (κ1) is 15.2. The molecule has 0 aromatic heterocycles. The molecule has 2 N–H and O–H groups in total. The molecule has 7 heteroatoms. The van der Waals surface area contributed by atoms with Gasteiger partial charge in [0, 0.05) is 19.1 Å². The summed E-state index contributed by atoms with van der Waals surface area (Å²) < 4.78 is 39.9. The maximum absolute atomic E-state index is 13.1. The fraction of sp³-hybridized carbons (Fsp3) is 0.571. The number of halogens is 2. The second kappa shape index (κ2) is 5.50. The Balaban J connectivity index is 1.86. The zero-order chi connectivity index (χ0) is 15.2. The number of fused-ring (bicyclic) bond motifs is 1. The van der Waals surface area contributed by atoms with Gasteiger partial charge in [-0.3, -0.25) is 0 Å². The highest BCUT2D eigenvalue weighted by Gasteiger charge is 2.42. The Morgan fingerprint density at radius 1 is 1.24 bits per heavy atom. The summed E-state index contributed by atoms with van der Waals surface area (Å²) in [6.45, 7) is 0.988. The van der Waals surface area contributed by atoms with Crippen LogP contribution >= 0.6 is 11.6 Å². The molecule has 0 spiro atoms. The maximum atomic E-state index is 13.1. The van der Waals surface area contributed by atoms with Gasteiger partial charge in [-0.2, -0.15) is 4.31 Å². The van der Waals surface area contributed by atoms with Gasteiger partial charge in [0.25, 0.3) is 0 Å². The molecular weight excluding hydrogens is 315 g/mol. The number of benzene rings is 1. The summed E-state index contributed by atoms with van der Waals surface area (Å²) in [6, 6.07) is 3.56. The quantitative estimate of drug-likeness (QED) is 0.903. The Hall–Kier alpha value is -0.690. The molecular formula is C14H18ClFN2O2S. The summed E-state index contributed by atoms with van der Waals surface area (Å²) >= 11 is 5.90. The number of nitrogens with zero attached hydrogens (tertiary/aromatic N) is 1. The van der Waals surface area contributed by atoms with Crippen molar-refractivity contribution in [3.8, 4) is 0 Å². The number of nitrogens with two attached hydrogens (primary N) is 1. The van der Waals surface area contributed by atoms with Crippen molar-refractivity contribution < 1.29 is 12.8 Å². The van der Waals surface area contributed by atoms with E-state index in [1.165, 1.54) is 10.4 Å². The normalized spacial score (nSPS) is 30.3. The smallest absolute Gasteiger partial charge is 0.244 e. The molecule has 1 saturated heterocycles. The van der Waals surface area contributed by atoms with Crippen LogP contribution in [0, 0.1) is 17.7 Å². The molecule has 1 aliphatic carbocycles. The van der Waals surface area contributed by atoms with E-state index in [0.717, 1.165) is 31.4 Å². The molecule has 2 fully saturated rings. The van der Waals surface area contributed by atoms with E-state index in [1.807, 2.05) is 0 Å². The molecule has 0 bridgehead atoms. The topological polar surface area (TPSA) is 63.4 Å². The number of hydrogen-bond donors (Lipinski definition) is 1. The molecule has 116 valence electrons. The van der Waals surface area contributed by atoms with Crippen LogP contribution in [0.5, 0.6) is 0 Å². The lowest BCUT2D eigenvalue weighted by Gasteiger charge is -2.28. The number of rotatable bonds is 2. The number of hydrogen-bond acceptors (Lipinski definition) is 3. The average molecular weight is 333 g/mol. The highest BCUT2D eigenvalue weighted by Crippen LogP contribution is 2.38. The van der Waals surface area contributed by atoms with Gasteiger partial charge in [-0.1, -0.05) is 11.6 Å². The Kier molecular flexibility index (Phi) is 3.98. The first-order valence-electron chi connectivity index (χ1n) is 7.08. The Bertz CT molecular complexity index is 652. The predicted octanol–water partition coefficient (Wildman–Crippen LogP) is 2.23. The van der Waals surface area contributed by atoms with Gasteiger partial charge in [0.2, 0.25) is 10.0 Å². The van der Waals surface area contributed by atoms with Crippen LogP contribution in [0.3, 0.4) is 0 Å². The van der Waals surface area contributed by atoms with E-state index in [0.29, 0.717) is 24.9 Å². The van der Waals surface area contributed by atoms with Crippen molar-refractivity contribution >= 4 is 21.6 Å². The van der Waals surface area contributed by atoms with Crippen LogP contribution < -0.4 is 5.73 Å². The molecule has 4 nitrogen and oxygen atoms in total. The molecule has 2 aliphatic rings. The van der Waals surface area contributed by atoms with E-state index in [1.54, 1.807) is 0 Å². The molecule has 3 atom stereocenters. The summed E-state index contributed by atoms with van der Waals surface area (Å²) in [5.41, 5.74) is 5.97. The molecule has 1 heterocycles. The molecule has 21 heavy (non-hydrogen) atoms. The van der Waals surface area contributed by atoms with Crippen molar-refractivity contribution in [2.24, 2.45) is 17.6 Å². The molecule has 1 saturated carbocycles. The van der Waals surface area contributed by atoms with Gasteiger partial charge in [-0.15, -0.1) is 0 Å². The summed E-state index contributed by atoms with van der Waals surface area (Å²) in [5, 5.41) is -0.0680. The molecule has 0 amide bonds. The minimum atomic E-state index is -3.67. The molecule has 3 rings (SSSR count). The third-order valence-corrected chi connectivity index (χ3v) is 6.88. The second-order valence-corrected chi connectivity index (χ2v) is 8.30. The van der Waals surface area contributed by atoms with E-state index in [2.05, 4.69) is 0 Å². The Morgan fingerprint density at radius 2 is 1.95 bits per heavy atom. The summed E-state index contributed by atoms with van der Waals surface area (Å²) in [7, 11) is -3.67. The van der Waals surface area contributed by atoms with Crippen LogP contribution in [-0.4, -0.2) is 31.9 Å². The third kappa shape index (κ3) is 2.82. The van der Waals surface area contributed by atoms with Gasteiger partial charge in [0.05, 0.1) is 5.02 Å². The fourth-order valence-corrected chi connectivity index (χ4v) is 5.50. The van der Waals surface area contributed by atoms with Crippen LogP contribution in [0.25, 0.3) is 0 Å². The molecule has 1 aromatic rings. The van der Waals surface area contributed by atoms with Crippen LogP contribution in [-0.2, 0) is 10.0 Å². The van der Waals surface area contributed by atoms with Crippen molar-refractivity contribution in [3.05, 3.63) is 29.0 Å². The van der Waals surface area contributed by atoms with E-state index in [-0.39, 0.29) is 16.0 Å². The van der Waals surface area contributed by atoms with Crippen molar-refractivity contribution in [2.75, 3.05) is 13.1 Å². The third-order valence-electron chi connectivity index (χ3n) is 4.57. The zero-order valence-electron chi connectivity index (χ0n) is 11.5. The standard InChI is InChI=1S/C14H18ClFN2O2S/c15-13-6-11(16)2-4-14(13)21(19,20)18-7-9-1-3-12(17)5-10(9)8-18/h2,4,6,9-10,12H,1,3,5,7-8,17H2/t9-,10+,12?/m1/s1. The van der Waals surface area contributed by atoms with E-state index >= 15 is 0 Å². The van der Waals surface area contributed by atoms with E-state index in [4.69, 9.17) is 17.3 Å². The monoisotopic (exact) mass is 332 g/mol. The van der Waals surface area contributed by atoms with Gasteiger partial charge >= 0.3 is 0 Å². The van der Waals surface area contributed by atoms with Gasteiger partial charge in [-0.25, -0.2) is 12.8 Å². The van der Waals surface area contributed by atoms with Crippen LogP contribution in [0.2, 0.25) is 5.02 Å². The van der Waals surface area contributed by atoms with Gasteiger partial charge < -0.3 is 5.73 Å². The predicted molar refractivity (Wildman–Crippen MR) is 79.0 cm³/mol. The lowest BCUT2D eigenvalue weighted by atomic mass is 9.79. The van der Waals surface area contributed by atoms with Crippen molar-refractivity contribution in [2.45, 2.75) is 30.2 Å². The lowest BCUT2D eigenvalue weighted by molar-refractivity contribution is 0.271. The first-order valence-corrected chi connectivity index (χ1v) is 8.90. The Morgan fingerprint density at radius 3 is 2.67 bits per heavy atom. The second-order valence-electron chi connectivity index (χ2n) is 5.99. The molecule has 1 aliphatic heterocycles. The minimum absolute atomic E-state index is 0.0199. The van der Waals surface area contributed by atoms with Gasteiger partial charge in [0.15, 0.2) is 0 Å². The zero-order valence-corrected chi connectivity index (χ0v) is 13.1. The van der Waals surface area contributed by atoms with Gasteiger partial charge in [-0.05, 0) is 49.3 Å². The van der Waals surface area contributed by atoms with Gasteiger partial charge in [0.1, 0.15) is 10.7 Å². The van der Waals surface area contributed by atoms with Crippen molar-refractivity contribution in [1.82, 2.24) is 4.31 Å². The molecule has 1 unspecified atom stereocenters. The van der Waals surface area contributed by atoms with Crippen LogP contribution in [0.4, 0.5) is 4.39 Å². The summed E-state index contributed by atoms with van der Waals surface area (Å²) in [5.74, 6) is 0.154. The van der Waals surface area contributed by atoms with Crippen LogP contribution in [0.1, 0.15) is 19.3 Å². The van der Waals surface area contributed by atoms with Crippen molar-refractivity contribution in [3.63, 3.8) is 0 Å². The highest BCUT2D eigenvalue weighted by atomic mass is 35.5. The summed E-state index contributed by atoms with van der Waals surface area (Å²) in [6.07, 6.45) is 2.79. The van der Waals surface area contributed by atoms with E-state index < -0.39 is 15.8 Å². The first-order chi connectivity index (χ1) is 9.88. The SMILES string of the molecule is NC1CC[C@@H]2CN(S(=O)(=O)c3ccc(F)cc3Cl)C[C@@H]2C1.